The van der Waals surface area contributed by atoms with Gasteiger partial charge in [0.25, 0.3) is 5.69 Å². The molecule has 0 unspecified atom stereocenters. The fourth-order valence-corrected chi connectivity index (χ4v) is 2.11. The lowest BCUT2D eigenvalue weighted by Crippen LogP contribution is -2.31. The average molecular weight is 291 g/mol. The Morgan fingerprint density at radius 1 is 1.39 bits per heavy atom. The number of rotatable bonds is 4. The lowest BCUT2D eigenvalue weighted by Gasteiger charge is -2.16. The van der Waals surface area contributed by atoms with Crippen LogP contribution in [0.4, 0.5) is 11.4 Å². The predicted octanol–water partition coefficient (Wildman–Crippen LogP) is 2.93. The van der Waals surface area contributed by atoms with Crippen molar-refractivity contribution in [2.45, 2.75) is 18.4 Å². The first-order valence-corrected chi connectivity index (χ1v) is 5.76. The number of nitrogens with zero attached hydrogens (tertiary/aromatic N) is 1. The zero-order chi connectivity index (χ0) is 13.5. The summed E-state index contributed by atoms with van der Waals surface area (Å²) in [6, 6.07) is 2.27. The van der Waals surface area contributed by atoms with Crippen molar-refractivity contribution in [1.29, 1.82) is 0 Å². The highest BCUT2D eigenvalue weighted by atomic mass is 35.5. The van der Waals surface area contributed by atoms with E-state index >= 15 is 0 Å². The Labute approximate surface area is 112 Å². The van der Waals surface area contributed by atoms with E-state index in [2.05, 4.69) is 5.32 Å². The number of carbonyl (C=O) groups is 1. The largest absolute Gasteiger partial charge is 0.480 e. The smallest absolute Gasteiger partial charge is 0.329 e. The van der Waals surface area contributed by atoms with Gasteiger partial charge in [-0.25, -0.2) is 4.79 Å². The molecule has 0 spiro atoms. The van der Waals surface area contributed by atoms with Crippen LogP contribution in [0.15, 0.2) is 12.1 Å². The van der Waals surface area contributed by atoms with Crippen LogP contribution < -0.4 is 5.32 Å². The average Bonchev–Trinajstić information content (AvgIpc) is 3.04. The molecule has 1 aliphatic rings. The minimum absolute atomic E-state index is 0.0294. The number of nitro benzene ring substituents is 1. The summed E-state index contributed by atoms with van der Waals surface area (Å²) in [5.41, 5.74) is -1.08. The number of halogens is 2. The van der Waals surface area contributed by atoms with Crippen molar-refractivity contribution in [1.82, 2.24) is 0 Å². The van der Waals surface area contributed by atoms with Gasteiger partial charge in [0.15, 0.2) is 0 Å². The molecule has 0 heterocycles. The number of carboxylic acid groups (broad SMARTS) is 1. The maximum absolute atomic E-state index is 11.0. The molecular weight excluding hydrogens is 283 g/mol. The third-order valence-electron chi connectivity index (χ3n) is 2.76. The topological polar surface area (TPSA) is 92.5 Å². The first-order chi connectivity index (χ1) is 8.35. The highest BCUT2D eigenvalue weighted by molar-refractivity contribution is 6.39. The quantitative estimate of drug-likeness (QED) is 0.657. The molecule has 1 saturated carbocycles. The Hall–Kier alpha value is -1.53. The molecule has 18 heavy (non-hydrogen) atoms. The SMILES string of the molecule is O=C(O)C1(Nc2c(Cl)cc([N+](=O)[O-])cc2Cl)CC1. The van der Waals surface area contributed by atoms with Gasteiger partial charge in [0.1, 0.15) is 5.54 Å². The van der Waals surface area contributed by atoms with Crippen LogP contribution in [0, 0.1) is 10.1 Å². The summed E-state index contributed by atoms with van der Waals surface area (Å²) in [5, 5.41) is 22.4. The first kappa shape index (κ1) is 12.9. The Kier molecular flexibility index (Phi) is 3.08. The summed E-state index contributed by atoms with van der Waals surface area (Å²) >= 11 is 11.7. The van der Waals surface area contributed by atoms with Gasteiger partial charge in [-0.15, -0.1) is 0 Å². The fourth-order valence-electron chi connectivity index (χ4n) is 1.54. The molecule has 1 aromatic carbocycles. The summed E-state index contributed by atoms with van der Waals surface area (Å²) < 4.78 is 0. The van der Waals surface area contributed by atoms with E-state index in [0.717, 1.165) is 12.1 Å². The number of benzene rings is 1. The number of non-ortho nitro benzene ring substituents is 1. The van der Waals surface area contributed by atoms with Gasteiger partial charge in [-0.2, -0.15) is 0 Å². The molecule has 2 N–H and O–H groups in total. The normalized spacial score (nSPS) is 16.1. The van der Waals surface area contributed by atoms with Crippen molar-refractivity contribution in [3.63, 3.8) is 0 Å². The third kappa shape index (κ3) is 2.21. The molecule has 0 bridgehead atoms. The van der Waals surface area contributed by atoms with E-state index in [4.69, 9.17) is 28.3 Å². The number of hydrogen-bond acceptors (Lipinski definition) is 4. The van der Waals surface area contributed by atoms with Gasteiger partial charge in [-0.1, -0.05) is 23.2 Å². The number of anilines is 1. The third-order valence-corrected chi connectivity index (χ3v) is 3.36. The number of nitrogens with one attached hydrogen (secondary N) is 1. The summed E-state index contributed by atoms with van der Waals surface area (Å²) in [6.07, 6.45) is 0.929. The Balaban J connectivity index is 2.35. The second kappa shape index (κ2) is 4.29. The Morgan fingerprint density at radius 2 is 1.89 bits per heavy atom. The predicted molar refractivity (Wildman–Crippen MR) is 66.3 cm³/mol. The summed E-state index contributed by atoms with van der Waals surface area (Å²) in [5.74, 6) is -0.993. The van der Waals surface area contributed by atoms with Crippen LogP contribution in [0.25, 0.3) is 0 Å². The standard InChI is InChI=1S/C10H8Cl2N2O4/c11-6-3-5(14(17)18)4-7(12)8(6)13-10(1-2-10)9(15)16/h3-4,13H,1-2H2,(H,15,16). The Morgan fingerprint density at radius 3 is 2.22 bits per heavy atom. The van der Waals surface area contributed by atoms with Gasteiger partial charge in [0.2, 0.25) is 0 Å². The second-order valence-corrected chi connectivity index (χ2v) is 4.87. The van der Waals surface area contributed by atoms with Gasteiger partial charge in [-0.05, 0) is 12.8 Å². The molecular formula is C10H8Cl2N2O4. The molecule has 0 aliphatic heterocycles. The van der Waals surface area contributed by atoms with Crippen molar-refractivity contribution in [3.05, 3.63) is 32.3 Å². The van der Waals surface area contributed by atoms with Crippen molar-refractivity contribution in [2.75, 3.05) is 5.32 Å². The van der Waals surface area contributed by atoms with Gasteiger partial charge >= 0.3 is 5.97 Å². The minimum atomic E-state index is -1.05. The van der Waals surface area contributed by atoms with E-state index in [0.29, 0.717) is 12.8 Å². The van der Waals surface area contributed by atoms with Crippen LogP contribution in [0.1, 0.15) is 12.8 Å². The molecule has 1 aliphatic carbocycles. The second-order valence-electron chi connectivity index (χ2n) is 4.05. The van der Waals surface area contributed by atoms with Crippen LogP contribution in [0.2, 0.25) is 10.0 Å². The molecule has 1 fully saturated rings. The Bertz CT molecular complexity index is 520. The molecule has 96 valence electrons. The molecule has 0 atom stereocenters. The monoisotopic (exact) mass is 290 g/mol. The maximum atomic E-state index is 11.0. The van der Waals surface area contributed by atoms with Crippen molar-refractivity contribution < 1.29 is 14.8 Å². The van der Waals surface area contributed by atoms with Crippen LogP contribution in [0.3, 0.4) is 0 Å². The number of aliphatic carboxylic acids is 1. The maximum Gasteiger partial charge on any atom is 0.329 e. The molecule has 2 rings (SSSR count). The minimum Gasteiger partial charge on any atom is -0.480 e. The van der Waals surface area contributed by atoms with Gasteiger partial charge in [-0.3, -0.25) is 10.1 Å². The summed E-state index contributed by atoms with van der Waals surface area (Å²) in [7, 11) is 0. The molecule has 0 amide bonds. The molecule has 0 radical (unpaired) electrons. The zero-order valence-electron chi connectivity index (χ0n) is 8.94. The highest BCUT2D eigenvalue weighted by Crippen LogP contribution is 2.44. The number of hydrogen-bond donors (Lipinski definition) is 2. The van der Waals surface area contributed by atoms with E-state index in [9.17, 15) is 14.9 Å². The van der Waals surface area contributed by atoms with Crippen LogP contribution >= 0.6 is 23.2 Å². The number of nitro groups is 1. The molecule has 8 heteroatoms. The van der Waals surface area contributed by atoms with Gasteiger partial charge in [0, 0.05) is 12.1 Å². The summed E-state index contributed by atoms with van der Waals surface area (Å²) in [4.78, 5) is 21.0. The lowest BCUT2D eigenvalue weighted by atomic mass is 10.2. The van der Waals surface area contributed by atoms with Crippen molar-refractivity contribution >= 4 is 40.5 Å². The molecule has 6 nitrogen and oxygen atoms in total. The molecule has 1 aromatic rings. The first-order valence-electron chi connectivity index (χ1n) is 5.01. The van der Waals surface area contributed by atoms with E-state index in [1.807, 2.05) is 0 Å². The van der Waals surface area contributed by atoms with Crippen LogP contribution in [0.5, 0.6) is 0 Å². The van der Waals surface area contributed by atoms with Crippen LogP contribution in [-0.2, 0) is 4.79 Å². The molecule has 0 aromatic heterocycles. The van der Waals surface area contributed by atoms with Crippen LogP contribution in [-0.4, -0.2) is 21.5 Å². The fraction of sp³-hybridized carbons (Fsp3) is 0.300. The van der Waals surface area contributed by atoms with Gasteiger partial charge in [0.05, 0.1) is 20.7 Å². The lowest BCUT2D eigenvalue weighted by molar-refractivity contribution is -0.384. The van der Waals surface area contributed by atoms with Crippen molar-refractivity contribution in [2.24, 2.45) is 0 Å². The van der Waals surface area contributed by atoms with E-state index in [-0.39, 0.29) is 21.4 Å². The van der Waals surface area contributed by atoms with E-state index in [1.165, 1.54) is 0 Å². The van der Waals surface area contributed by atoms with Gasteiger partial charge < -0.3 is 10.4 Å². The number of carboxylic acids is 1. The van der Waals surface area contributed by atoms with E-state index in [1.54, 1.807) is 0 Å². The molecule has 0 saturated heterocycles. The zero-order valence-corrected chi connectivity index (χ0v) is 10.5. The van der Waals surface area contributed by atoms with E-state index < -0.39 is 16.4 Å². The summed E-state index contributed by atoms with van der Waals surface area (Å²) in [6.45, 7) is 0. The van der Waals surface area contributed by atoms with Crippen molar-refractivity contribution in [3.8, 4) is 0 Å². The highest BCUT2D eigenvalue weighted by Gasteiger charge is 2.51.